The van der Waals surface area contributed by atoms with Crippen LogP contribution in [0.1, 0.15) is 44.1 Å². The molecule has 0 saturated heterocycles. The minimum Gasteiger partial charge on any atom is -0.494 e. The Morgan fingerprint density at radius 1 is 1.10 bits per heavy atom. The van der Waals surface area contributed by atoms with Gasteiger partial charge in [-0.2, -0.15) is 0 Å². The second kappa shape index (κ2) is 3.77. The van der Waals surface area contributed by atoms with E-state index in [0.29, 0.717) is 17.8 Å². The van der Waals surface area contributed by atoms with Crippen molar-refractivity contribution in [1.82, 2.24) is 9.55 Å². The molecule has 1 heterocycles. The van der Waals surface area contributed by atoms with Crippen LogP contribution in [0.4, 0.5) is 0 Å². The number of rotatable bonds is 1. The number of nitrogens with zero attached hydrogens (tertiary/aromatic N) is 1. The molecule has 4 aliphatic carbocycles. The minimum absolute atomic E-state index is 0.124. The molecule has 0 aromatic carbocycles. The lowest BCUT2D eigenvalue weighted by molar-refractivity contribution is -0.0487. The van der Waals surface area contributed by atoms with Crippen LogP contribution in [0.2, 0.25) is 0 Å². The summed E-state index contributed by atoms with van der Waals surface area (Å²) in [6, 6.07) is 0. The van der Waals surface area contributed by atoms with Crippen molar-refractivity contribution in [3.05, 3.63) is 26.4 Å². The largest absolute Gasteiger partial charge is 0.494 e. The van der Waals surface area contributed by atoms with Crippen molar-refractivity contribution < 1.29 is 5.11 Å². The van der Waals surface area contributed by atoms with Crippen LogP contribution in [0, 0.1) is 24.7 Å². The molecule has 4 bridgehead atoms. The minimum atomic E-state index is -0.478. The van der Waals surface area contributed by atoms with Crippen LogP contribution in [0.5, 0.6) is 5.88 Å². The molecule has 0 amide bonds. The van der Waals surface area contributed by atoms with Gasteiger partial charge in [0.15, 0.2) is 0 Å². The molecule has 0 spiro atoms. The average Bonchev–Trinajstić information content (AvgIpc) is 2.34. The summed E-state index contributed by atoms with van der Waals surface area (Å²) in [5.74, 6) is 1.92. The maximum atomic E-state index is 12.3. The van der Waals surface area contributed by atoms with Gasteiger partial charge in [-0.05, 0) is 63.2 Å². The van der Waals surface area contributed by atoms with Crippen LogP contribution in [-0.2, 0) is 5.54 Å². The summed E-state index contributed by atoms with van der Waals surface area (Å²) >= 11 is 0. The lowest BCUT2D eigenvalue weighted by Crippen LogP contribution is -2.55. The Morgan fingerprint density at radius 3 is 2.10 bits per heavy atom. The fourth-order valence-electron chi connectivity index (χ4n) is 5.39. The van der Waals surface area contributed by atoms with Crippen molar-refractivity contribution in [1.29, 1.82) is 0 Å². The van der Waals surface area contributed by atoms with E-state index in [1.54, 1.807) is 6.92 Å². The third-order valence-corrected chi connectivity index (χ3v) is 5.79. The molecule has 4 saturated carbocycles. The normalized spacial score (nSPS) is 38.4. The highest BCUT2D eigenvalue weighted by atomic mass is 16.3. The third kappa shape index (κ3) is 1.49. The first-order chi connectivity index (χ1) is 9.48. The van der Waals surface area contributed by atoms with E-state index in [0.717, 1.165) is 19.3 Å². The topological polar surface area (TPSA) is 75.1 Å². The van der Waals surface area contributed by atoms with Gasteiger partial charge in [0.05, 0.1) is 11.1 Å². The van der Waals surface area contributed by atoms with Crippen LogP contribution in [0.25, 0.3) is 0 Å². The molecule has 0 atom stereocenters. The smallest absolute Gasteiger partial charge is 0.331 e. The summed E-state index contributed by atoms with van der Waals surface area (Å²) < 4.78 is 1.51. The fraction of sp³-hybridized carbons (Fsp3) is 0.733. The number of aromatic hydroxyl groups is 1. The van der Waals surface area contributed by atoms with Gasteiger partial charge < -0.3 is 5.11 Å². The van der Waals surface area contributed by atoms with Gasteiger partial charge in [-0.1, -0.05) is 0 Å². The zero-order valence-electron chi connectivity index (χ0n) is 11.7. The first-order valence-electron chi connectivity index (χ1n) is 7.54. The molecule has 0 unspecified atom stereocenters. The van der Waals surface area contributed by atoms with Crippen molar-refractivity contribution in [2.75, 3.05) is 0 Å². The lowest BCUT2D eigenvalue weighted by atomic mass is 9.53. The summed E-state index contributed by atoms with van der Waals surface area (Å²) in [6.07, 6.45) is 6.74. The molecule has 2 N–H and O–H groups in total. The van der Waals surface area contributed by atoms with E-state index in [-0.39, 0.29) is 17.0 Å². The van der Waals surface area contributed by atoms with Gasteiger partial charge >= 0.3 is 5.69 Å². The third-order valence-electron chi connectivity index (χ3n) is 5.79. The Labute approximate surface area is 116 Å². The lowest BCUT2D eigenvalue weighted by Gasteiger charge is -2.57. The van der Waals surface area contributed by atoms with E-state index in [2.05, 4.69) is 4.98 Å². The Bertz CT molecular complexity index is 650. The highest BCUT2D eigenvalue weighted by Crippen LogP contribution is 2.59. The molecule has 20 heavy (non-hydrogen) atoms. The number of aromatic nitrogens is 2. The quantitative estimate of drug-likeness (QED) is 0.815. The standard InChI is InChI=1S/C15H20N2O3/c1-8-12(18)16-14(20)17(13(8)19)15-5-9-2-10(6-15)4-11(3-9)7-15/h9-11,19H,2-7H2,1H3,(H,16,18,20). The predicted octanol–water partition coefficient (Wildman–Crippen LogP) is 1.48. The van der Waals surface area contributed by atoms with E-state index in [9.17, 15) is 14.7 Å². The molecule has 4 aliphatic rings. The number of aromatic amines is 1. The molecule has 5 heteroatoms. The number of H-pyrrole nitrogens is 1. The summed E-state index contributed by atoms with van der Waals surface area (Å²) in [6.45, 7) is 1.57. The summed E-state index contributed by atoms with van der Waals surface area (Å²) in [4.78, 5) is 26.3. The molecule has 108 valence electrons. The van der Waals surface area contributed by atoms with Crippen LogP contribution >= 0.6 is 0 Å². The Morgan fingerprint density at radius 2 is 1.60 bits per heavy atom. The van der Waals surface area contributed by atoms with Gasteiger partial charge in [-0.3, -0.25) is 14.3 Å². The van der Waals surface area contributed by atoms with Gasteiger partial charge in [-0.25, -0.2) is 4.79 Å². The number of hydrogen-bond acceptors (Lipinski definition) is 3. The van der Waals surface area contributed by atoms with Gasteiger partial charge in [0.2, 0.25) is 5.88 Å². The molecule has 1 aromatic rings. The maximum absolute atomic E-state index is 12.3. The van der Waals surface area contributed by atoms with Crippen molar-refractivity contribution in [2.45, 2.75) is 51.0 Å². The first-order valence-corrected chi connectivity index (χ1v) is 7.54. The molecular weight excluding hydrogens is 256 g/mol. The Hall–Kier alpha value is -1.52. The monoisotopic (exact) mass is 276 g/mol. The molecule has 0 radical (unpaired) electrons. The van der Waals surface area contributed by atoms with Crippen LogP contribution < -0.4 is 11.2 Å². The zero-order valence-corrected chi connectivity index (χ0v) is 11.7. The molecule has 1 aromatic heterocycles. The number of hydrogen-bond donors (Lipinski definition) is 2. The van der Waals surface area contributed by atoms with Crippen molar-refractivity contribution >= 4 is 0 Å². The first kappa shape index (κ1) is 12.2. The van der Waals surface area contributed by atoms with Gasteiger partial charge in [0.25, 0.3) is 5.56 Å². The fourth-order valence-corrected chi connectivity index (χ4v) is 5.39. The zero-order chi connectivity index (χ0) is 14.1. The Balaban J connectivity index is 1.92. The van der Waals surface area contributed by atoms with E-state index in [1.165, 1.54) is 23.8 Å². The highest BCUT2D eigenvalue weighted by molar-refractivity contribution is 5.24. The SMILES string of the molecule is Cc1c(O)n(C23CC4CC(CC(C4)C2)C3)c(=O)[nH]c1=O. The second-order valence-electron chi connectivity index (χ2n) is 7.19. The summed E-state index contributed by atoms with van der Waals surface area (Å²) in [7, 11) is 0. The summed E-state index contributed by atoms with van der Waals surface area (Å²) in [5.41, 5.74) is -0.931. The van der Waals surface area contributed by atoms with Crippen molar-refractivity contribution in [2.24, 2.45) is 17.8 Å². The molecule has 0 aliphatic heterocycles. The summed E-state index contributed by atoms with van der Waals surface area (Å²) in [5, 5.41) is 10.4. The molecule has 5 rings (SSSR count). The van der Waals surface area contributed by atoms with Crippen molar-refractivity contribution in [3.8, 4) is 5.88 Å². The average molecular weight is 276 g/mol. The Kier molecular flexibility index (Phi) is 2.31. The van der Waals surface area contributed by atoms with Crippen LogP contribution in [0.15, 0.2) is 9.59 Å². The van der Waals surface area contributed by atoms with Gasteiger partial charge in [-0.15, -0.1) is 0 Å². The van der Waals surface area contributed by atoms with Crippen molar-refractivity contribution in [3.63, 3.8) is 0 Å². The van der Waals surface area contributed by atoms with Gasteiger partial charge in [0.1, 0.15) is 0 Å². The van der Waals surface area contributed by atoms with E-state index in [4.69, 9.17) is 0 Å². The molecular formula is C15H20N2O3. The predicted molar refractivity (Wildman–Crippen MR) is 73.9 cm³/mol. The van der Waals surface area contributed by atoms with E-state index < -0.39 is 11.2 Å². The van der Waals surface area contributed by atoms with Gasteiger partial charge in [0, 0.05) is 0 Å². The maximum Gasteiger partial charge on any atom is 0.331 e. The van der Waals surface area contributed by atoms with Crippen LogP contribution in [-0.4, -0.2) is 14.7 Å². The second-order valence-corrected chi connectivity index (χ2v) is 7.19. The molecule has 5 nitrogen and oxygen atoms in total. The van der Waals surface area contributed by atoms with E-state index in [1.807, 2.05) is 0 Å². The van der Waals surface area contributed by atoms with Crippen LogP contribution in [0.3, 0.4) is 0 Å². The highest BCUT2D eigenvalue weighted by Gasteiger charge is 2.53. The van der Waals surface area contributed by atoms with E-state index >= 15 is 0 Å². The number of nitrogens with one attached hydrogen (secondary N) is 1. The molecule has 4 fully saturated rings.